The number of rotatable bonds is 1. The number of carbonyl (C=O) groups excluding carboxylic acids is 2. The summed E-state index contributed by atoms with van der Waals surface area (Å²) in [6.07, 6.45) is 13.0. The first-order chi connectivity index (χ1) is 15.1. The molecule has 6 aliphatic rings. The summed E-state index contributed by atoms with van der Waals surface area (Å²) in [5.41, 5.74) is 2.16. The molecule has 2 aliphatic heterocycles. The predicted molar refractivity (Wildman–Crippen MR) is 122 cm³/mol. The summed E-state index contributed by atoms with van der Waals surface area (Å²) in [5, 5.41) is 0. The Morgan fingerprint density at radius 1 is 1.03 bits per heavy atom. The summed E-state index contributed by atoms with van der Waals surface area (Å²) in [4.78, 5) is 25.8. The third-order valence-corrected chi connectivity index (χ3v) is 11.2. The maximum Gasteiger partial charge on any atom is 0.334 e. The van der Waals surface area contributed by atoms with Gasteiger partial charge in [-0.15, -0.1) is 0 Å². The van der Waals surface area contributed by atoms with Crippen LogP contribution in [-0.4, -0.2) is 29.1 Å². The van der Waals surface area contributed by atoms with E-state index in [1.807, 2.05) is 19.1 Å². The lowest BCUT2D eigenvalue weighted by Crippen LogP contribution is -2.60. The van der Waals surface area contributed by atoms with E-state index in [0.717, 1.165) is 56.1 Å². The highest BCUT2D eigenvalue weighted by atomic mass is 16.6. The summed E-state index contributed by atoms with van der Waals surface area (Å²) < 4.78 is 13.3. The van der Waals surface area contributed by atoms with E-state index in [-0.39, 0.29) is 34.3 Å². The molecule has 0 aromatic rings. The van der Waals surface area contributed by atoms with Gasteiger partial charge in [0.2, 0.25) is 0 Å². The Balaban J connectivity index is 1.42. The monoisotopic (exact) mass is 436 g/mol. The number of ketones is 1. The summed E-state index contributed by atoms with van der Waals surface area (Å²) in [5.74, 6) is 1.13. The minimum atomic E-state index is -0.471. The number of cyclic esters (lactones) is 1. The van der Waals surface area contributed by atoms with Crippen molar-refractivity contribution < 1.29 is 19.1 Å². The van der Waals surface area contributed by atoms with Gasteiger partial charge in [0.05, 0.1) is 11.0 Å². The lowest BCUT2D eigenvalue weighted by atomic mass is 9.46. The fourth-order valence-corrected chi connectivity index (χ4v) is 9.20. The molecule has 0 aromatic carbocycles. The van der Waals surface area contributed by atoms with Crippen LogP contribution >= 0.6 is 0 Å². The molecule has 172 valence electrons. The van der Waals surface area contributed by atoms with Gasteiger partial charge in [0, 0.05) is 17.4 Å². The zero-order valence-corrected chi connectivity index (χ0v) is 20.1. The Hall–Kier alpha value is -1.68. The van der Waals surface area contributed by atoms with Crippen molar-refractivity contribution in [1.82, 2.24) is 0 Å². The maximum absolute atomic E-state index is 13.2. The fourth-order valence-electron chi connectivity index (χ4n) is 9.20. The molecule has 0 spiro atoms. The molecule has 0 N–H and O–H groups in total. The van der Waals surface area contributed by atoms with Crippen LogP contribution in [0.1, 0.15) is 79.6 Å². The second-order valence-corrected chi connectivity index (χ2v) is 12.1. The highest BCUT2D eigenvalue weighted by Crippen LogP contribution is 2.75. The molecule has 4 heteroatoms. The molecular weight excluding hydrogens is 400 g/mol. The minimum Gasteiger partial charge on any atom is -0.456 e. The standard InChI is InChI=1S/C28H36O4/c1-16-15-23(31-24(30)17(16)2)27(5)21-12-14-28(32-27)20-10-9-18-7-6-8-22(29)26(18,4)19(20)11-13-25(21,28)3/h6,8-9,19-21,23H,7,10-15H2,1-5H3/t19-,20+,21-,23+,25+,26-,27-,28+/m0/s1. The van der Waals surface area contributed by atoms with Gasteiger partial charge in [0.15, 0.2) is 5.78 Å². The van der Waals surface area contributed by atoms with Gasteiger partial charge in [-0.25, -0.2) is 4.79 Å². The minimum absolute atomic E-state index is 0.0642. The molecule has 6 rings (SSSR count). The van der Waals surface area contributed by atoms with Crippen molar-refractivity contribution in [3.8, 4) is 0 Å². The molecule has 3 fully saturated rings. The first-order valence-electron chi connectivity index (χ1n) is 12.6. The van der Waals surface area contributed by atoms with Crippen LogP contribution in [0.15, 0.2) is 34.9 Å². The summed E-state index contributed by atoms with van der Waals surface area (Å²) >= 11 is 0. The highest BCUT2D eigenvalue weighted by molar-refractivity contribution is 5.98. The number of allylic oxidation sites excluding steroid dienone is 4. The van der Waals surface area contributed by atoms with Crippen LogP contribution in [0, 0.1) is 28.6 Å². The van der Waals surface area contributed by atoms with E-state index in [1.165, 1.54) is 5.57 Å². The van der Waals surface area contributed by atoms with Crippen LogP contribution in [-0.2, 0) is 19.1 Å². The molecule has 0 radical (unpaired) electrons. The smallest absolute Gasteiger partial charge is 0.334 e. The topological polar surface area (TPSA) is 52.6 Å². The molecule has 2 heterocycles. The summed E-state index contributed by atoms with van der Waals surface area (Å²) in [6, 6.07) is 0. The number of esters is 1. The second-order valence-electron chi connectivity index (χ2n) is 12.1. The van der Waals surface area contributed by atoms with Gasteiger partial charge in [-0.3, -0.25) is 4.79 Å². The van der Waals surface area contributed by atoms with Gasteiger partial charge >= 0.3 is 5.97 Å². The third-order valence-electron chi connectivity index (χ3n) is 11.2. The molecule has 4 nitrogen and oxygen atoms in total. The first kappa shape index (κ1) is 20.9. The molecule has 0 amide bonds. The van der Waals surface area contributed by atoms with Gasteiger partial charge in [-0.1, -0.05) is 30.2 Å². The van der Waals surface area contributed by atoms with E-state index in [2.05, 4.69) is 33.8 Å². The Bertz CT molecular complexity index is 1020. The Kier molecular flexibility index (Phi) is 4.08. The van der Waals surface area contributed by atoms with Crippen LogP contribution < -0.4 is 0 Å². The van der Waals surface area contributed by atoms with Crippen LogP contribution in [0.3, 0.4) is 0 Å². The van der Waals surface area contributed by atoms with E-state index in [9.17, 15) is 9.59 Å². The SMILES string of the molecule is CC1=C(C)C(=O)O[C@@H]([C@@]2(C)O[C@@]34CC[C@H]2[C@@]3(C)CC[C@H]2[C@H]4CC=C3CC=CC(=O)[C@@]32C)C1. The average molecular weight is 437 g/mol. The van der Waals surface area contributed by atoms with Crippen LogP contribution in [0.2, 0.25) is 0 Å². The molecule has 2 bridgehead atoms. The quantitative estimate of drug-likeness (QED) is 0.404. The van der Waals surface area contributed by atoms with Crippen molar-refractivity contribution in [3.05, 3.63) is 34.9 Å². The summed E-state index contributed by atoms with van der Waals surface area (Å²) in [6.45, 7) is 10.8. The van der Waals surface area contributed by atoms with E-state index in [1.54, 1.807) is 0 Å². The molecule has 32 heavy (non-hydrogen) atoms. The van der Waals surface area contributed by atoms with Crippen molar-refractivity contribution in [3.63, 3.8) is 0 Å². The Morgan fingerprint density at radius 3 is 2.56 bits per heavy atom. The highest BCUT2D eigenvalue weighted by Gasteiger charge is 2.77. The number of carbonyl (C=O) groups is 2. The zero-order chi connectivity index (χ0) is 22.7. The van der Waals surface area contributed by atoms with E-state index in [4.69, 9.17) is 9.47 Å². The number of fused-ring (bicyclic) bond motifs is 3. The maximum atomic E-state index is 13.2. The Morgan fingerprint density at radius 2 is 1.81 bits per heavy atom. The lowest BCUT2D eigenvalue weighted by Gasteiger charge is -2.59. The van der Waals surface area contributed by atoms with Crippen LogP contribution in [0.25, 0.3) is 0 Å². The van der Waals surface area contributed by atoms with Gasteiger partial charge in [-0.05, 0) is 90.0 Å². The Labute approximate surface area is 191 Å². The molecule has 4 aliphatic carbocycles. The van der Waals surface area contributed by atoms with Crippen molar-refractivity contribution in [1.29, 1.82) is 0 Å². The predicted octanol–water partition coefficient (Wildman–Crippen LogP) is 5.47. The van der Waals surface area contributed by atoms with Crippen LogP contribution in [0.5, 0.6) is 0 Å². The van der Waals surface area contributed by atoms with Gasteiger partial charge in [-0.2, -0.15) is 0 Å². The van der Waals surface area contributed by atoms with E-state index < -0.39 is 5.60 Å². The molecule has 1 saturated heterocycles. The lowest BCUT2D eigenvalue weighted by molar-refractivity contribution is -0.231. The fraction of sp³-hybridized carbons (Fsp3) is 0.714. The number of hydrogen-bond acceptors (Lipinski definition) is 4. The van der Waals surface area contributed by atoms with Crippen molar-refractivity contribution >= 4 is 11.8 Å². The molecule has 0 aromatic heterocycles. The number of ether oxygens (including phenoxy) is 2. The van der Waals surface area contributed by atoms with Gasteiger partial charge < -0.3 is 9.47 Å². The van der Waals surface area contributed by atoms with Crippen molar-refractivity contribution in [2.75, 3.05) is 0 Å². The second kappa shape index (κ2) is 6.25. The number of hydrogen-bond donors (Lipinski definition) is 0. The molecule has 2 saturated carbocycles. The molecule has 8 atom stereocenters. The van der Waals surface area contributed by atoms with Crippen molar-refractivity contribution in [2.24, 2.45) is 28.6 Å². The van der Waals surface area contributed by atoms with E-state index in [0.29, 0.717) is 17.8 Å². The van der Waals surface area contributed by atoms with Gasteiger partial charge in [0.25, 0.3) is 0 Å². The van der Waals surface area contributed by atoms with Crippen LogP contribution in [0.4, 0.5) is 0 Å². The first-order valence-corrected chi connectivity index (χ1v) is 12.6. The largest absolute Gasteiger partial charge is 0.456 e. The normalized spacial score (nSPS) is 51.7. The molecular formula is C28H36O4. The molecule has 0 unspecified atom stereocenters. The van der Waals surface area contributed by atoms with Crippen molar-refractivity contribution in [2.45, 2.75) is 96.9 Å². The summed E-state index contributed by atoms with van der Waals surface area (Å²) in [7, 11) is 0. The van der Waals surface area contributed by atoms with E-state index >= 15 is 0 Å². The zero-order valence-electron chi connectivity index (χ0n) is 20.1. The van der Waals surface area contributed by atoms with Gasteiger partial charge in [0.1, 0.15) is 11.7 Å². The average Bonchev–Trinajstić information content (AvgIpc) is 3.16. The third kappa shape index (κ3) is 2.19.